The standard InChI is InChI=1S/C14H21N5/c1-11-3-2-4-12(9-11)5-6-15-13-14-18-17-10-19(14)8-7-16-13/h7-8,10-12H,2-6,9H2,1H3,(H,15,16). The Morgan fingerprint density at radius 1 is 1.42 bits per heavy atom. The highest BCUT2D eigenvalue weighted by Crippen LogP contribution is 2.30. The zero-order valence-electron chi connectivity index (χ0n) is 11.4. The third-order valence-electron chi connectivity index (χ3n) is 4.11. The Balaban J connectivity index is 1.56. The van der Waals surface area contributed by atoms with Crippen LogP contribution >= 0.6 is 0 Å². The van der Waals surface area contributed by atoms with Crippen molar-refractivity contribution < 1.29 is 0 Å². The molecule has 0 spiro atoms. The van der Waals surface area contributed by atoms with Crippen molar-refractivity contribution in [1.29, 1.82) is 0 Å². The lowest BCUT2D eigenvalue weighted by molar-refractivity contribution is 0.274. The van der Waals surface area contributed by atoms with Crippen LogP contribution in [0.2, 0.25) is 0 Å². The Hall–Kier alpha value is -1.65. The van der Waals surface area contributed by atoms with Gasteiger partial charge in [-0.1, -0.05) is 26.2 Å². The van der Waals surface area contributed by atoms with Gasteiger partial charge < -0.3 is 5.32 Å². The molecule has 5 nitrogen and oxygen atoms in total. The molecule has 0 bridgehead atoms. The number of nitrogens with one attached hydrogen (secondary N) is 1. The third kappa shape index (κ3) is 2.85. The van der Waals surface area contributed by atoms with Crippen molar-refractivity contribution in [1.82, 2.24) is 19.6 Å². The third-order valence-corrected chi connectivity index (χ3v) is 4.11. The number of fused-ring (bicyclic) bond motifs is 1. The van der Waals surface area contributed by atoms with E-state index in [-0.39, 0.29) is 0 Å². The van der Waals surface area contributed by atoms with Crippen LogP contribution in [0, 0.1) is 11.8 Å². The van der Waals surface area contributed by atoms with Gasteiger partial charge in [-0.05, 0) is 24.7 Å². The van der Waals surface area contributed by atoms with Gasteiger partial charge in [-0.15, -0.1) is 10.2 Å². The normalized spacial score (nSPS) is 23.6. The summed E-state index contributed by atoms with van der Waals surface area (Å²) in [6, 6.07) is 0. The van der Waals surface area contributed by atoms with Crippen LogP contribution in [0.1, 0.15) is 39.0 Å². The minimum atomic E-state index is 0.805. The first kappa shape index (κ1) is 12.4. The van der Waals surface area contributed by atoms with Crippen molar-refractivity contribution in [2.24, 2.45) is 11.8 Å². The van der Waals surface area contributed by atoms with E-state index < -0.39 is 0 Å². The van der Waals surface area contributed by atoms with E-state index in [4.69, 9.17) is 0 Å². The van der Waals surface area contributed by atoms with Crippen LogP contribution in [0.25, 0.3) is 5.65 Å². The maximum Gasteiger partial charge on any atom is 0.203 e. The first-order valence-electron chi connectivity index (χ1n) is 7.21. The fourth-order valence-electron chi connectivity index (χ4n) is 3.10. The van der Waals surface area contributed by atoms with Crippen LogP contribution in [-0.2, 0) is 0 Å². The first-order valence-corrected chi connectivity index (χ1v) is 7.21. The van der Waals surface area contributed by atoms with Crippen LogP contribution in [-0.4, -0.2) is 26.1 Å². The molecule has 2 heterocycles. The van der Waals surface area contributed by atoms with E-state index >= 15 is 0 Å². The topological polar surface area (TPSA) is 55.1 Å². The molecule has 3 rings (SSSR count). The highest BCUT2D eigenvalue weighted by Gasteiger charge is 2.18. The molecule has 1 aliphatic carbocycles. The lowest BCUT2D eigenvalue weighted by Crippen LogP contribution is -2.17. The molecule has 2 aromatic heterocycles. The summed E-state index contributed by atoms with van der Waals surface area (Å²) in [5.41, 5.74) is 0.805. The number of hydrogen-bond acceptors (Lipinski definition) is 4. The smallest absolute Gasteiger partial charge is 0.203 e. The molecule has 0 aromatic carbocycles. The van der Waals surface area contributed by atoms with Gasteiger partial charge in [-0.25, -0.2) is 4.98 Å². The molecule has 1 saturated carbocycles. The van der Waals surface area contributed by atoms with Crippen molar-refractivity contribution in [2.75, 3.05) is 11.9 Å². The van der Waals surface area contributed by atoms with Crippen molar-refractivity contribution in [2.45, 2.75) is 39.0 Å². The van der Waals surface area contributed by atoms with Crippen LogP contribution in [0.3, 0.4) is 0 Å². The summed E-state index contributed by atoms with van der Waals surface area (Å²) in [5.74, 6) is 2.61. The lowest BCUT2D eigenvalue weighted by Gasteiger charge is -2.26. The summed E-state index contributed by atoms with van der Waals surface area (Å²) in [7, 11) is 0. The molecule has 0 radical (unpaired) electrons. The van der Waals surface area contributed by atoms with Gasteiger partial charge in [0.15, 0.2) is 5.82 Å². The Morgan fingerprint density at radius 2 is 2.37 bits per heavy atom. The zero-order valence-corrected chi connectivity index (χ0v) is 11.4. The largest absolute Gasteiger partial charge is 0.367 e. The van der Waals surface area contributed by atoms with Crippen LogP contribution in [0.4, 0.5) is 5.82 Å². The second-order valence-corrected chi connectivity index (χ2v) is 5.69. The van der Waals surface area contributed by atoms with Gasteiger partial charge in [0.05, 0.1) is 0 Å². The Kier molecular flexibility index (Phi) is 3.62. The van der Waals surface area contributed by atoms with E-state index in [9.17, 15) is 0 Å². The molecule has 2 aromatic rings. The minimum Gasteiger partial charge on any atom is -0.367 e. The fourth-order valence-corrected chi connectivity index (χ4v) is 3.10. The number of rotatable bonds is 4. The van der Waals surface area contributed by atoms with E-state index in [2.05, 4.69) is 27.4 Å². The number of anilines is 1. The molecule has 0 saturated heterocycles. The van der Waals surface area contributed by atoms with Crippen molar-refractivity contribution in [3.05, 3.63) is 18.7 Å². The summed E-state index contributed by atoms with van der Waals surface area (Å²) in [6.45, 7) is 3.34. The minimum absolute atomic E-state index is 0.805. The molecule has 5 heteroatoms. The molecule has 1 aliphatic rings. The lowest BCUT2D eigenvalue weighted by atomic mass is 9.81. The summed E-state index contributed by atoms with van der Waals surface area (Å²) < 4.78 is 1.89. The molecule has 19 heavy (non-hydrogen) atoms. The quantitative estimate of drug-likeness (QED) is 0.917. The Bertz CT molecular complexity index is 535. The van der Waals surface area contributed by atoms with E-state index in [1.807, 2.05) is 10.6 Å². The second-order valence-electron chi connectivity index (χ2n) is 5.69. The predicted octanol–water partition coefficient (Wildman–Crippen LogP) is 2.75. The summed E-state index contributed by atoms with van der Waals surface area (Å²) in [6.07, 6.45) is 12.1. The average molecular weight is 259 g/mol. The highest BCUT2D eigenvalue weighted by atomic mass is 15.2. The summed E-state index contributed by atoms with van der Waals surface area (Å²) >= 11 is 0. The predicted molar refractivity (Wildman–Crippen MR) is 75.0 cm³/mol. The van der Waals surface area contributed by atoms with Crippen molar-refractivity contribution in [3.8, 4) is 0 Å². The monoisotopic (exact) mass is 259 g/mol. The van der Waals surface area contributed by atoms with Gasteiger partial charge >= 0.3 is 0 Å². The number of nitrogens with zero attached hydrogens (tertiary/aromatic N) is 4. The molecule has 2 unspecified atom stereocenters. The van der Waals surface area contributed by atoms with Crippen LogP contribution in [0.5, 0.6) is 0 Å². The highest BCUT2D eigenvalue weighted by molar-refractivity contribution is 5.61. The van der Waals surface area contributed by atoms with Gasteiger partial charge in [0, 0.05) is 18.9 Å². The molecule has 2 atom stereocenters. The van der Waals surface area contributed by atoms with E-state index in [1.54, 1.807) is 12.5 Å². The van der Waals surface area contributed by atoms with Gasteiger partial charge in [-0.2, -0.15) is 0 Å². The van der Waals surface area contributed by atoms with Gasteiger partial charge in [0.2, 0.25) is 5.65 Å². The van der Waals surface area contributed by atoms with Gasteiger partial charge in [0.25, 0.3) is 0 Å². The molecule has 0 aliphatic heterocycles. The van der Waals surface area contributed by atoms with E-state index in [1.165, 1.54) is 32.1 Å². The maximum absolute atomic E-state index is 4.34. The molecule has 0 amide bonds. The molecule has 1 N–H and O–H groups in total. The van der Waals surface area contributed by atoms with Gasteiger partial charge in [0.1, 0.15) is 6.33 Å². The number of aromatic nitrogens is 4. The molecular weight excluding hydrogens is 238 g/mol. The van der Waals surface area contributed by atoms with Crippen molar-refractivity contribution >= 4 is 11.5 Å². The van der Waals surface area contributed by atoms with E-state index in [0.29, 0.717) is 0 Å². The van der Waals surface area contributed by atoms with Crippen LogP contribution in [0.15, 0.2) is 18.7 Å². The maximum atomic E-state index is 4.34. The summed E-state index contributed by atoms with van der Waals surface area (Å²) in [5, 5.41) is 11.4. The molecular formula is C14H21N5. The zero-order chi connectivity index (χ0) is 13.1. The summed E-state index contributed by atoms with van der Waals surface area (Å²) in [4.78, 5) is 4.34. The number of hydrogen-bond donors (Lipinski definition) is 1. The second kappa shape index (κ2) is 5.55. The average Bonchev–Trinajstić information content (AvgIpc) is 2.88. The fraction of sp³-hybridized carbons (Fsp3) is 0.643. The van der Waals surface area contributed by atoms with Crippen LogP contribution < -0.4 is 5.32 Å². The SMILES string of the molecule is CC1CCCC(CCNc2nccn3cnnc23)C1. The van der Waals surface area contributed by atoms with Crippen molar-refractivity contribution in [3.63, 3.8) is 0 Å². The Morgan fingerprint density at radius 3 is 3.26 bits per heavy atom. The molecule has 102 valence electrons. The first-order chi connectivity index (χ1) is 9.33. The molecule has 1 fully saturated rings. The Labute approximate surface area is 113 Å². The van der Waals surface area contributed by atoms with E-state index in [0.717, 1.165) is 29.8 Å². The van der Waals surface area contributed by atoms with Gasteiger partial charge in [-0.3, -0.25) is 4.40 Å².